The van der Waals surface area contributed by atoms with Crippen molar-refractivity contribution in [1.29, 1.82) is 0 Å². The minimum Gasteiger partial charge on any atom is -0.435 e. The zero-order chi connectivity index (χ0) is 21.6. The highest BCUT2D eigenvalue weighted by Gasteiger charge is 2.50. The molecule has 1 atom stereocenters. The highest BCUT2D eigenvalue weighted by Crippen LogP contribution is 2.28. The largest absolute Gasteiger partial charge is 0.435 e. The van der Waals surface area contributed by atoms with Crippen molar-refractivity contribution in [2.75, 3.05) is 6.54 Å². The Morgan fingerprint density at radius 2 is 1.76 bits per heavy atom. The maximum absolute atomic E-state index is 12.8. The van der Waals surface area contributed by atoms with Gasteiger partial charge in [0.1, 0.15) is 17.8 Å². The molecule has 0 aromatic heterocycles. The molecule has 0 unspecified atom stereocenters. The summed E-state index contributed by atoms with van der Waals surface area (Å²) in [6, 6.07) is 4.87. The van der Waals surface area contributed by atoms with E-state index in [1.165, 1.54) is 12.1 Å². The van der Waals surface area contributed by atoms with E-state index in [0.717, 1.165) is 17.7 Å². The molecule has 160 valence electrons. The van der Waals surface area contributed by atoms with Gasteiger partial charge in [0.05, 0.1) is 6.04 Å². The highest BCUT2D eigenvalue weighted by atomic mass is 19.3. The number of imide groups is 1. The Kier molecular flexibility index (Phi) is 7.53. The molecule has 4 amide bonds. The molecule has 1 aromatic rings. The van der Waals surface area contributed by atoms with Gasteiger partial charge in [-0.25, -0.2) is 4.79 Å². The smallest absolute Gasteiger partial charge is 0.387 e. The number of nitrogens with one attached hydrogen (secondary N) is 2. The molecule has 0 aliphatic carbocycles. The second kappa shape index (κ2) is 9.67. The Bertz CT molecular complexity index is 734. The summed E-state index contributed by atoms with van der Waals surface area (Å²) in [7, 11) is 0. The molecular formula is C20H27F2N3O4. The van der Waals surface area contributed by atoms with Gasteiger partial charge in [0, 0.05) is 0 Å². The van der Waals surface area contributed by atoms with Crippen LogP contribution in [-0.2, 0) is 9.59 Å². The van der Waals surface area contributed by atoms with Gasteiger partial charge in [0.25, 0.3) is 5.91 Å². The van der Waals surface area contributed by atoms with Gasteiger partial charge in [-0.15, -0.1) is 0 Å². The maximum atomic E-state index is 12.8. The molecular weight excluding hydrogens is 384 g/mol. The SMILES string of the molecule is CCCC1(CCC)NC(=O)N(CC(=O)N[C@@H](C)c2ccc(OC(F)F)cc2)C1=O. The minimum absolute atomic E-state index is 0.0183. The van der Waals surface area contributed by atoms with Gasteiger partial charge < -0.3 is 15.4 Å². The molecule has 0 saturated carbocycles. The number of urea groups is 1. The molecule has 1 aromatic carbocycles. The van der Waals surface area contributed by atoms with Gasteiger partial charge in [-0.1, -0.05) is 38.8 Å². The molecule has 1 fully saturated rings. The molecule has 7 nitrogen and oxygen atoms in total. The maximum Gasteiger partial charge on any atom is 0.387 e. The van der Waals surface area contributed by atoms with E-state index in [-0.39, 0.29) is 18.2 Å². The molecule has 9 heteroatoms. The van der Waals surface area contributed by atoms with Crippen LogP contribution in [0.15, 0.2) is 24.3 Å². The third-order valence-corrected chi connectivity index (χ3v) is 4.88. The Balaban J connectivity index is 1.99. The van der Waals surface area contributed by atoms with Crippen LogP contribution in [-0.4, -0.2) is 41.4 Å². The lowest BCUT2D eigenvalue weighted by molar-refractivity contribution is -0.135. The number of amides is 4. The van der Waals surface area contributed by atoms with Crippen LogP contribution in [0.3, 0.4) is 0 Å². The van der Waals surface area contributed by atoms with Crippen molar-refractivity contribution in [3.05, 3.63) is 29.8 Å². The quantitative estimate of drug-likeness (QED) is 0.578. The molecule has 2 rings (SSSR count). The number of benzene rings is 1. The first-order chi connectivity index (χ1) is 13.7. The minimum atomic E-state index is -2.91. The van der Waals surface area contributed by atoms with Crippen molar-refractivity contribution in [3.63, 3.8) is 0 Å². The van der Waals surface area contributed by atoms with Crippen LogP contribution in [0.2, 0.25) is 0 Å². The summed E-state index contributed by atoms with van der Waals surface area (Å²) < 4.78 is 28.7. The van der Waals surface area contributed by atoms with E-state index >= 15 is 0 Å². The average Bonchev–Trinajstić information content (AvgIpc) is 2.86. The van der Waals surface area contributed by atoms with E-state index in [9.17, 15) is 23.2 Å². The summed E-state index contributed by atoms with van der Waals surface area (Å²) in [6.07, 6.45) is 2.50. The molecule has 1 saturated heterocycles. The van der Waals surface area contributed by atoms with E-state index in [2.05, 4.69) is 15.4 Å². The summed E-state index contributed by atoms with van der Waals surface area (Å²) in [4.78, 5) is 38.5. The number of hydrogen-bond acceptors (Lipinski definition) is 4. The van der Waals surface area contributed by atoms with Crippen molar-refractivity contribution < 1.29 is 27.9 Å². The lowest BCUT2D eigenvalue weighted by Gasteiger charge is -2.25. The van der Waals surface area contributed by atoms with E-state index in [0.29, 0.717) is 18.4 Å². The summed E-state index contributed by atoms with van der Waals surface area (Å²) in [5.41, 5.74) is -0.268. The highest BCUT2D eigenvalue weighted by molar-refractivity contribution is 6.09. The van der Waals surface area contributed by atoms with E-state index in [4.69, 9.17) is 0 Å². The summed E-state index contributed by atoms with van der Waals surface area (Å²) >= 11 is 0. The normalized spacial score (nSPS) is 16.7. The predicted molar refractivity (Wildman–Crippen MR) is 102 cm³/mol. The monoisotopic (exact) mass is 411 g/mol. The molecule has 1 aliphatic rings. The van der Waals surface area contributed by atoms with Crippen LogP contribution in [0.4, 0.5) is 13.6 Å². The third kappa shape index (κ3) is 5.42. The number of rotatable bonds is 10. The second-order valence-electron chi connectivity index (χ2n) is 7.14. The van der Waals surface area contributed by atoms with Crippen LogP contribution in [0.1, 0.15) is 58.1 Å². The van der Waals surface area contributed by atoms with Gasteiger partial charge >= 0.3 is 12.6 Å². The Labute approximate surface area is 168 Å². The number of nitrogens with zero attached hydrogens (tertiary/aromatic N) is 1. The first-order valence-electron chi connectivity index (χ1n) is 9.70. The average molecular weight is 411 g/mol. The molecule has 2 N–H and O–H groups in total. The zero-order valence-corrected chi connectivity index (χ0v) is 16.8. The lowest BCUT2D eigenvalue weighted by atomic mass is 9.88. The zero-order valence-electron chi connectivity index (χ0n) is 16.8. The van der Waals surface area contributed by atoms with Gasteiger partial charge in [-0.2, -0.15) is 8.78 Å². The van der Waals surface area contributed by atoms with Crippen molar-refractivity contribution in [2.45, 2.75) is 64.6 Å². The molecule has 1 heterocycles. The first kappa shape index (κ1) is 22.6. The molecule has 0 spiro atoms. The van der Waals surface area contributed by atoms with Gasteiger partial charge in [-0.3, -0.25) is 14.5 Å². The van der Waals surface area contributed by atoms with Crippen molar-refractivity contribution >= 4 is 17.8 Å². The number of carbonyl (C=O) groups excluding carboxylic acids is 3. The van der Waals surface area contributed by atoms with Crippen LogP contribution in [0.25, 0.3) is 0 Å². The fourth-order valence-corrected chi connectivity index (χ4v) is 3.59. The number of carbonyl (C=O) groups is 3. The van der Waals surface area contributed by atoms with E-state index in [1.54, 1.807) is 19.1 Å². The Morgan fingerprint density at radius 1 is 1.17 bits per heavy atom. The van der Waals surface area contributed by atoms with E-state index in [1.807, 2.05) is 13.8 Å². The second-order valence-corrected chi connectivity index (χ2v) is 7.14. The van der Waals surface area contributed by atoms with Crippen LogP contribution < -0.4 is 15.4 Å². The fourth-order valence-electron chi connectivity index (χ4n) is 3.59. The van der Waals surface area contributed by atoms with Gasteiger partial charge in [-0.05, 0) is 37.5 Å². The standard InChI is InChI=1S/C20H27F2N3O4/c1-4-10-20(11-5-2)17(27)25(19(28)24-20)12-16(26)23-13(3)14-6-8-15(9-7-14)29-18(21)22/h6-9,13,18H,4-5,10-12H2,1-3H3,(H,23,26)(H,24,28)/t13-/m0/s1. The molecule has 0 radical (unpaired) electrons. The Morgan fingerprint density at radius 3 is 2.28 bits per heavy atom. The van der Waals surface area contributed by atoms with Gasteiger partial charge in [0.2, 0.25) is 5.91 Å². The van der Waals surface area contributed by atoms with Crippen molar-refractivity contribution in [1.82, 2.24) is 15.5 Å². The Hall–Kier alpha value is -2.71. The van der Waals surface area contributed by atoms with Gasteiger partial charge in [0.15, 0.2) is 0 Å². The lowest BCUT2D eigenvalue weighted by Crippen LogP contribution is -2.47. The van der Waals surface area contributed by atoms with Crippen LogP contribution >= 0.6 is 0 Å². The van der Waals surface area contributed by atoms with Crippen molar-refractivity contribution in [3.8, 4) is 5.75 Å². The third-order valence-electron chi connectivity index (χ3n) is 4.88. The summed E-state index contributed by atoms with van der Waals surface area (Å²) in [5, 5.41) is 5.48. The molecule has 29 heavy (non-hydrogen) atoms. The van der Waals surface area contributed by atoms with Crippen LogP contribution in [0, 0.1) is 0 Å². The predicted octanol–water partition coefficient (Wildman–Crippen LogP) is 3.36. The van der Waals surface area contributed by atoms with Crippen LogP contribution in [0.5, 0.6) is 5.75 Å². The number of halogens is 2. The molecule has 1 aliphatic heterocycles. The first-order valence-corrected chi connectivity index (χ1v) is 9.70. The summed E-state index contributed by atoms with van der Waals surface area (Å²) in [5.74, 6) is -0.843. The number of ether oxygens (including phenoxy) is 1. The number of alkyl halides is 2. The fraction of sp³-hybridized carbons (Fsp3) is 0.550. The van der Waals surface area contributed by atoms with Crippen molar-refractivity contribution in [2.24, 2.45) is 0 Å². The topological polar surface area (TPSA) is 87.7 Å². The van der Waals surface area contributed by atoms with E-state index < -0.39 is 30.1 Å². The summed E-state index contributed by atoms with van der Waals surface area (Å²) in [6.45, 7) is 2.30. The molecule has 0 bridgehead atoms. The number of hydrogen-bond donors (Lipinski definition) is 2.